The highest BCUT2D eigenvalue weighted by molar-refractivity contribution is 5.85. The molecule has 1 fully saturated rings. The van der Waals surface area contributed by atoms with Gasteiger partial charge in [-0.05, 0) is 32.9 Å². The van der Waals surface area contributed by atoms with Crippen molar-refractivity contribution in [3.8, 4) is 6.07 Å². The van der Waals surface area contributed by atoms with Crippen LogP contribution in [-0.2, 0) is 4.79 Å². The minimum absolute atomic E-state index is 0.0584. The summed E-state index contributed by atoms with van der Waals surface area (Å²) in [5.41, 5.74) is -0.735. The van der Waals surface area contributed by atoms with Crippen molar-refractivity contribution in [2.45, 2.75) is 39.5 Å². The van der Waals surface area contributed by atoms with E-state index in [2.05, 4.69) is 24.8 Å². The maximum atomic E-state index is 12.7. The Morgan fingerprint density at radius 1 is 1.26 bits per heavy atom. The zero-order chi connectivity index (χ0) is 14.5. The van der Waals surface area contributed by atoms with Crippen LogP contribution in [0.3, 0.4) is 0 Å². The van der Waals surface area contributed by atoms with E-state index in [1.807, 2.05) is 19.0 Å². The average molecular weight is 265 g/mol. The monoisotopic (exact) mass is 265 g/mol. The fraction of sp³-hybridized carbons (Fsp3) is 0.867. The quantitative estimate of drug-likeness (QED) is 0.739. The standard InChI is InChI=1S/C15H27N3O/c1-13(2)11-18(10-9-17(3)4)14(19)15(12-16)7-5-6-8-15/h13H,5-11H2,1-4H3. The molecule has 1 rings (SSSR count). The number of rotatable bonds is 6. The van der Waals surface area contributed by atoms with Gasteiger partial charge in [-0.2, -0.15) is 5.26 Å². The van der Waals surface area contributed by atoms with Crippen molar-refractivity contribution in [1.82, 2.24) is 9.80 Å². The SMILES string of the molecule is CC(C)CN(CCN(C)C)C(=O)C1(C#N)CCCC1. The summed E-state index contributed by atoms with van der Waals surface area (Å²) in [5, 5.41) is 9.44. The molecule has 19 heavy (non-hydrogen) atoms. The summed E-state index contributed by atoms with van der Waals surface area (Å²) in [5.74, 6) is 0.492. The topological polar surface area (TPSA) is 47.3 Å². The lowest BCUT2D eigenvalue weighted by Crippen LogP contribution is -2.46. The number of nitriles is 1. The third kappa shape index (κ3) is 4.21. The molecule has 1 saturated carbocycles. The highest BCUT2D eigenvalue weighted by Gasteiger charge is 2.43. The predicted octanol–water partition coefficient (Wildman–Crippen LogP) is 2.12. The lowest BCUT2D eigenvalue weighted by atomic mass is 9.86. The van der Waals surface area contributed by atoms with Crippen molar-refractivity contribution in [2.75, 3.05) is 33.7 Å². The van der Waals surface area contributed by atoms with Gasteiger partial charge < -0.3 is 9.80 Å². The molecule has 0 aromatic carbocycles. The summed E-state index contributed by atoms with van der Waals surface area (Å²) in [7, 11) is 4.02. The zero-order valence-electron chi connectivity index (χ0n) is 12.8. The van der Waals surface area contributed by atoms with Gasteiger partial charge in [0.2, 0.25) is 5.91 Å². The molecule has 0 radical (unpaired) electrons. The molecule has 0 aromatic rings. The fourth-order valence-electron chi connectivity index (χ4n) is 2.69. The number of likely N-dealkylation sites (N-methyl/N-ethyl adjacent to an activating group) is 1. The van der Waals surface area contributed by atoms with Gasteiger partial charge in [-0.25, -0.2) is 0 Å². The smallest absolute Gasteiger partial charge is 0.243 e. The van der Waals surface area contributed by atoms with Crippen LogP contribution in [0.1, 0.15) is 39.5 Å². The molecule has 0 saturated heterocycles. The second-order valence-corrected chi connectivity index (χ2v) is 6.35. The average Bonchev–Trinajstić information content (AvgIpc) is 2.83. The zero-order valence-corrected chi connectivity index (χ0v) is 12.8. The van der Waals surface area contributed by atoms with Crippen LogP contribution in [0.5, 0.6) is 0 Å². The van der Waals surface area contributed by atoms with Crippen molar-refractivity contribution in [2.24, 2.45) is 11.3 Å². The van der Waals surface area contributed by atoms with E-state index < -0.39 is 5.41 Å². The molecule has 0 bridgehead atoms. The minimum atomic E-state index is -0.735. The Kier molecular flexibility index (Phi) is 5.81. The van der Waals surface area contributed by atoms with E-state index in [1.165, 1.54) is 0 Å². The maximum absolute atomic E-state index is 12.7. The molecule has 0 heterocycles. The van der Waals surface area contributed by atoms with E-state index >= 15 is 0 Å². The van der Waals surface area contributed by atoms with Gasteiger partial charge in [-0.1, -0.05) is 26.7 Å². The van der Waals surface area contributed by atoms with Gasteiger partial charge in [0.25, 0.3) is 0 Å². The Morgan fingerprint density at radius 2 is 1.84 bits per heavy atom. The number of amides is 1. The lowest BCUT2D eigenvalue weighted by molar-refractivity contribution is -0.139. The highest BCUT2D eigenvalue weighted by Crippen LogP contribution is 2.39. The van der Waals surface area contributed by atoms with E-state index in [4.69, 9.17) is 0 Å². The Bertz CT molecular complexity index is 338. The first-order valence-electron chi connectivity index (χ1n) is 7.26. The number of hydrogen-bond donors (Lipinski definition) is 0. The van der Waals surface area contributed by atoms with Gasteiger partial charge in [0, 0.05) is 19.6 Å². The summed E-state index contributed by atoms with van der Waals surface area (Å²) < 4.78 is 0. The summed E-state index contributed by atoms with van der Waals surface area (Å²) in [6.45, 7) is 6.54. The van der Waals surface area contributed by atoms with Gasteiger partial charge in [0.15, 0.2) is 0 Å². The van der Waals surface area contributed by atoms with E-state index in [0.717, 1.165) is 38.8 Å². The first-order chi connectivity index (χ1) is 8.91. The van der Waals surface area contributed by atoms with Crippen LogP contribution in [0.4, 0.5) is 0 Å². The summed E-state index contributed by atoms with van der Waals surface area (Å²) >= 11 is 0. The van der Waals surface area contributed by atoms with E-state index in [0.29, 0.717) is 12.5 Å². The lowest BCUT2D eigenvalue weighted by Gasteiger charge is -2.32. The van der Waals surface area contributed by atoms with Crippen molar-refractivity contribution in [3.63, 3.8) is 0 Å². The summed E-state index contributed by atoms with van der Waals surface area (Å²) in [4.78, 5) is 16.7. The second kappa shape index (κ2) is 6.91. The molecular formula is C15H27N3O. The normalized spacial score (nSPS) is 17.7. The van der Waals surface area contributed by atoms with Crippen LogP contribution in [0.2, 0.25) is 0 Å². The van der Waals surface area contributed by atoms with Crippen LogP contribution in [-0.4, -0.2) is 49.4 Å². The third-order valence-electron chi connectivity index (χ3n) is 3.77. The second-order valence-electron chi connectivity index (χ2n) is 6.35. The van der Waals surface area contributed by atoms with Crippen molar-refractivity contribution < 1.29 is 4.79 Å². The molecule has 0 N–H and O–H groups in total. The molecule has 4 nitrogen and oxygen atoms in total. The van der Waals surface area contributed by atoms with E-state index in [9.17, 15) is 10.1 Å². The molecule has 1 amide bonds. The molecule has 1 aliphatic carbocycles. The summed E-state index contributed by atoms with van der Waals surface area (Å²) in [6.07, 6.45) is 3.47. The van der Waals surface area contributed by atoms with Crippen LogP contribution >= 0.6 is 0 Å². The molecule has 4 heteroatoms. The van der Waals surface area contributed by atoms with Gasteiger partial charge >= 0.3 is 0 Å². The van der Waals surface area contributed by atoms with Crippen LogP contribution < -0.4 is 0 Å². The highest BCUT2D eigenvalue weighted by atomic mass is 16.2. The van der Waals surface area contributed by atoms with Crippen LogP contribution in [0, 0.1) is 22.7 Å². The van der Waals surface area contributed by atoms with Crippen LogP contribution in [0.25, 0.3) is 0 Å². The van der Waals surface area contributed by atoms with Crippen LogP contribution in [0.15, 0.2) is 0 Å². The molecule has 1 aliphatic rings. The molecule has 0 atom stereocenters. The number of carbonyl (C=O) groups excluding carboxylic acids is 1. The Morgan fingerprint density at radius 3 is 2.26 bits per heavy atom. The molecular weight excluding hydrogens is 238 g/mol. The number of carbonyl (C=O) groups is 1. The first kappa shape index (κ1) is 16.0. The Balaban J connectivity index is 2.78. The summed E-state index contributed by atoms with van der Waals surface area (Å²) in [6, 6.07) is 2.31. The molecule has 108 valence electrons. The van der Waals surface area contributed by atoms with Crippen molar-refractivity contribution >= 4 is 5.91 Å². The van der Waals surface area contributed by atoms with Gasteiger partial charge in [-0.3, -0.25) is 4.79 Å². The maximum Gasteiger partial charge on any atom is 0.243 e. The van der Waals surface area contributed by atoms with Gasteiger partial charge in [0.05, 0.1) is 6.07 Å². The molecule has 0 aromatic heterocycles. The minimum Gasteiger partial charge on any atom is -0.340 e. The first-order valence-corrected chi connectivity index (χ1v) is 7.26. The van der Waals surface area contributed by atoms with E-state index in [1.54, 1.807) is 0 Å². The Labute approximate surface area is 117 Å². The largest absolute Gasteiger partial charge is 0.340 e. The third-order valence-corrected chi connectivity index (χ3v) is 3.77. The molecule has 0 aliphatic heterocycles. The predicted molar refractivity (Wildman–Crippen MR) is 76.5 cm³/mol. The van der Waals surface area contributed by atoms with Crippen molar-refractivity contribution in [1.29, 1.82) is 5.26 Å². The fourth-order valence-corrected chi connectivity index (χ4v) is 2.69. The van der Waals surface area contributed by atoms with E-state index in [-0.39, 0.29) is 5.91 Å². The molecule has 0 spiro atoms. The number of hydrogen-bond acceptors (Lipinski definition) is 3. The van der Waals surface area contributed by atoms with Gasteiger partial charge in [-0.15, -0.1) is 0 Å². The van der Waals surface area contributed by atoms with Gasteiger partial charge in [0.1, 0.15) is 5.41 Å². The Hall–Kier alpha value is -1.08. The molecule has 0 unspecified atom stereocenters. The number of nitrogens with zero attached hydrogens (tertiary/aromatic N) is 3. The van der Waals surface area contributed by atoms with Crippen molar-refractivity contribution in [3.05, 3.63) is 0 Å².